The van der Waals surface area contributed by atoms with Gasteiger partial charge in [-0.25, -0.2) is 0 Å². The van der Waals surface area contributed by atoms with Crippen LogP contribution in [0.4, 0.5) is 34.1 Å². The molecule has 0 unspecified atom stereocenters. The minimum Gasteiger partial charge on any atom is -0.459 e. The maximum atomic E-state index is 8.90. The van der Waals surface area contributed by atoms with E-state index in [4.69, 9.17) is 14.2 Å². The van der Waals surface area contributed by atoms with Crippen LogP contribution in [0.2, 0.25) is 0 Å². The molecule has 6 nitrogen and oxygen atoms in total. The van der Waals surface area contributed by atoms with Crippen molar-refractivity contribution in [1.82, 2.24) is 4.57 Å². The van der Waals surface area contributed by atoms with Crippen molar-refractivity contribution >= 4 is 125 Å². The Kier molecular flexibility index (Phi) is 18.2. The lowest BCUT2D eigenvalue weighted by Crippen LogP contribution is -2.66. The van der Waals surface area contributed by atoms with Gasteiger partial charge in [0.25, 0.3) is 20.1 Å². The van der Waals surface area contributed by atoms with Crippen molar-refractivity contribution in [3.8, 4) is 163 Å². The maximum Gasteiger partial charge on any atom is 0.265 e. The molecule has 139 heavy (non-hydrogen) atoms. The van der Waals surface area contributed by atoms with Crippen LogP contribution in [-0.4, -0.2) is 24.7 Å². The number of rotatable bonds is 13. The highest BCUT2D eigenvalue weighted by atomic mass is 16.5. The summed E-state index contributed by atoms with van der Waals surface area (Å²) in [6.45, 7) is 5.71. The Hall–Kier alpha value is -17.4. The lowest BCUT2D eigenvalue weighted by Gasteiger charge is -2.48. The zero-order valence-electron chi connectivity index (χ0n) is 76.8. The molecule has 6 aliphatic rings. The highest BCUT2D eigenvalue weighted by Crippen LogP contribution is 2.58. The predicted molar refractivity (Wildman–Crippen MR) is 582 cm³/mol. The fourth-order valence-corrected chi connectivity index (χ4v) is 23.5. The van der Waals surface area contributed by atoms with Gasteiger partial charge in [-0.05, 0) is 216 Å². The first-order chi connectivity index (χ1) is 68.6. The summed E-state index contributed by atoms with van der Waals surface area (Å²) >= 11 is 0. The average Bonchev–Trinajstić information content (AvgIpc) is 1.53. The summed E-state index contributed by atoms with van der Waals surface area (Å²) in [5.41, 5.74) is 43.8. The molecule has 28 rings (SSSR count). The number of nitrogens with zero attached hydrogens (tertiary/aromatic N) is 3. The molecule has 0 spiro atoms. The summed E-state index contributed by atoms with van der Waals surface area (Å²) in [6, 6.07) is 174. The van der Waals surface area contributed by atoms with Crippen LogP contribution in [0.15, 0.2) is 467 Å². The van der Waals surface area contributed by atoms with E-state index in [2.05, 4.69) is 502 Å². The SMILES string of the molecule is CC(C)(C)c1cc2c3c(c1)N(c1c(-c4ccccc4)cc(-c4ccccc4)cc1-c1ccccc1)c1cc4c5c(c1B3c1ccc(-c3ccccc3)cc1N2c1c(-c2ccccc2)cc(-c2ccccc2)cc1-c1ccccc1)Oc1cc2c3c(c1B5c1ccc(-c5ccccc5)cc1O4)Oc1ccc(-c4ccccc4)cc1B3c1cc(-c3ccccc3)cc3c4c(-c5ccccc5)cccc4n-2c13. The fourth-order valence-electron chi connectivity index (χ4n) is 23.5. The summed E-state index contributed by atoms with van der Waals surface area (Å²) in [7, 11) is 0. The molecule has 0 fully saturated rings. The number of aromatic nitrogens is 1. The molecular weight excluding hydrogens is 1680 g/mol. The smallest absolute Gasteiger partial charge is 0.265 e. The Labute approximate surface area is 809 Å². The number of hydrogen-bond donors (Lipinski definition) is 0. The van der Waals surface area contributed by atoms with Gasteiger partial charge in [0.1, 0.15) is 34.5 Å². The third-order valence-corrected chi connectivity index (χ3v) is 29.8. The van der Waals surface area contributed by atoms with Crippen LogP contribution in [0.5, 0.6) is 34.5 Å². The zero-order valence-corrected chi connectivity index (χ0v) is 76.8. The third-order valence-electron chi connectivity index (χ3n) is 29.8. The van der Waals surface area contributed by atoms with E-state index in [1.54, 1.807) is 0 Å². The molecule has 0 saturated carbocycles. The molecule has 0 radical (unpaired) electrons. The molecule has 0 aliphatic carbocycles. The highest BCUT2D eigenvalue weighted by molar-refractivity contribution is 7.05. The highest BCUT2D eigenvalue weighted by Gasteiger charge is 2.55. The molecule has 0 amide bonds. The first-order valence-electron chi connectivity index (χ1n) is 48.3. The van der Waals surface area contributed by atoms with Crippen molar-refractivity contribution in [2.75, 3.05) is 9.80 Å². The van der Waals surface area contributed by atoms with Crippen LogP contribution in [0.25, 0.3) is 150 Å². The van der Waals surface area contributed by atoms with E-state index in [0.717, 1.165) is 246 Å². The monoisotopic (exact) mass is 1770 g/mol. The van der Waals surface area contributed by atoms with E-state index in [1.165, 1.54) is 16.2 Å². The van der Waals surface area contributed by atoms with Gasteiger partial charge in [-0.15, -0.1) is 0 Å². The van der Waals surface area contributed by atoms with Crippen molar-refractivity contribution < 1.29 is 14.2 Å². The van der Waals surface area contributed by atoms with Crippen LogP contribution in [-0.2, 0) is 5.41 Å². The summed E-state index contributed by atoms with van der Waals surface area (Å²) in [5, 5.41) is 2.35. The lowest BCUT2D eigenvalue weighted by atomic mass is 9.29. The molecular formula is C130H86B3N3O3. The van der Waals surface area contributed by atoms with E-state index in [0.29, 0.717) is 11.5 Å². The fraction of sp³-hybridized carbons (Fsp3) is 0.0308. The van der Waals surface area contributed by atoms with E-state index in [1.807, 2.05) is 0 Å². The molecule has 0 atom stereocenters. The van der Waals surface area contributed by atoms with Crippen molar-refractivity contribution in [3.05, 3.63) is 473 Å². The molecule has 648 valence electrons. The second kappa shape index (κ2) is 31.6. The number of benzene rings is 21. The molecule has 0 saturated heterocycles. The molecule has 9 heteroatoms. The van der Waals surface area contributed by atoms with Gasteiger partial charge in [-0.1, -0.05) is 409 Å². The Morgan fingerprint density at radius 2 is 0.561 bits per heavy atom. The zero-order chi connectivity index (χ0) is 91.8. The van der Waals surface area contributed by atoms with Gasteiger partial charge in [-0.3, -0.25) is 0 Å². The molecule has 0 bridgehead atoms. The third kappa shape index (κ3) is 12.7. The van der Waals surface area contributed by atoms with E-state index < -0.39 is 18.8 Å². The molecule has 7 heterocycles. The Morgan fingerprint density at radius 3 is 1.02 bits per heavy atom. The Balaban J connectivity index is 0.803. The molecule has 22 aromatic rings. The minimum atomic E-state index is -0.561. The van der Waals surface area contributed by atoms with E-state index in [-0.39, 0.29) is 6.71 Å². The van der Waals surface area contributed by atoms with Gasteiger partial charge in [-0.2, -0.15) is 0 Å². The Bertz CT molecular complexity index is 8670. The summed E-state index contributed by atoms with van der Waals surface area (Å²) in [6.07, 6.45) is 0. The van der Waals surface area contributed by atoms with Crippen molar-refractivity contribution in [2.24, 2.45) is 0 Å². The van der Waals surface area contributed by atoms with Crippen LogP contribution in [0.3, 0.4) is 0 Å². The van der Waals surface area contributed by atoms with Crippen LogP contribution in [0, 0.1) is 0 Å². The first-order valence-corrected chi connectivity index (χ1v) is 48.3. The Morgan fingerprint density at radius 1 is 0.209 bits per heavy atom. The standard InChI is InChI=1S/C130H86B3N3O3/c1-130(2,3)98-77-111-120-112(78-98)136(126-102(90-56-33-13-34-57-90)70-96(85-46-23-8-24-47-85)71-103(126)91-58-35-14-36-59-91)114-79-117-123-129(122(114)132(120)105-65-62-93(82-40-17-5-18-41-82)75-110(105)135(111)125-100(88-52-29-11-30-53-88)68-95(84-44-21-7-22-45-84)69-101(125)89-54-31-12-32-55-89)139-118-80-113-121-128(124(118)133(123)106-66-63-94(76-116(106)137-117)83-42-19-6-20-43-83)138-115-67-64-92(81-38-15-4-16-39-81)73-107(115)131(121)108-74-97(86-48-25-9-26-49-86)72-104-119-99(87-50-27-10-28-51-87)60-37-61-109(119)134(113)127(104)108/h4-80H,1-3H3. The van der Waals surface area contributed by atoms with Gasteiger partial charge >= 0.3 is 0 Å². The van der Waals surface area contributed by atoms with Gasteiger partial charge in [0.2, 0.25) is 0 Å². The lowest BCUT2D eigenvalue weighted by molar-refractivity contribution is 0.459. The quantitative estimate of drug-likeness (QED) is 0.108. The summed E-state index contributed by atoms with van der Waals surface area (Å²) in [5.74, 6) is 4.45. The number of fused-ring (bicyclic) bond motifs is 17. The van der Waals surface area contributed by atoms with Crippen molar-refractivity contribution in [1.29, 1.82) is 0 Å². The normalized spacial score (nSPS) is 13.0. The number of anilines is 6. The largest absolute Gasteiger partial charge is 0.459 e. The minimum absolute atomic E-state index is 0.343. The van der Waals surface area contributed by atoms with Crippen LogP contribution < -0.4 is 73.2 Å². The average molecular weight is 1770 g/mol. The molecule has 1 aromatic heterocycles. The number of ether oxygens (including phenoxy) is 3. The van der Waals surface area contributed by atoms with Gasteiger partial charge in [0.15, 0.2) is 0 Å². The second-order valence-electron chi connectivity index (χ2n) is 38.7. The molecule has 0 N–H and O–H groups in total. The van der Waals surface area contributed by atoms with E-state index >= 15 is 0 Å². The first kappa shape index (κ1) is 80.1. The summed E-state index contributed by atoms with van der Waals surface area (Å²) < 4.78 is 27.9. The van der Waals surface area contributed by atoms with E-state index in [9.17, 15) is 0 Å². The van der Waals surface area contributed by atoms with Crippen molar-refractivity contribution in [2.45, 2.75) is 26.2 Å². The predicted octanol–water partition coefficient (Wildman–Crippen LogP) is 28.2. The van der Waals surface area contributed by atoms with Crippen LogP contribution >= 0.6 is 0 Å². The number of hydrogen-bond acceptors (Lipinski definition) is 5. The summed E-state index contributed by atoms with van der Waals surface area (Å²) in [4.78, 5) is 5.38. The van der Waals surface area contributed by atoms with Crippen molar-refractivity contribution in [3.63, 3.8) is 0 Å². The van der Waals surface area contributed by atoms with Gasteiger partial charge in [0.05, 0.1) is 16.9 Å². The topological polar surface area (TPSA) is 39.1 Å². The van der Waals surface area contributed by atoms with Gasteiger partial charge in [0, 0.05) is 90.0 Å². The molecule has 21 aromatic carbocycles. The van der Waals surface area contributed by atoms with Gasteiger partial charge < -0.3 is 28.6 Å². The second-order valence-corrected chi connectivity index (χ2v) is 38.7. The molecule has 6 aliphatic heterocycles. The maximum absolute atomic E-state index is 8.90. The van der Waals surface area contributed by atoms with Crippen LogP contribution in [0.1, 0.15) is 26.3 Å².